The van der Waals surface area contributed by atoms with Crippen LogP contribution in [0, 0.1) is 0 Å². The maximum Gasteiger partial charge on any atom is 0.162 e. The molecule has 3 nitrogen and oxygen atoms in total. The van der Waals surface area contributed by atoms with Gasteiger partial charge in [0.05, 0.1) is 0 Å². The summed E-state index contributed by atoms with van der Waals surface area (Å²) < 4.78 is 0. The Kier molecular flexibility index (Phi) is 1.79. The van der Waals surface area contributed by atoms with Gasteiger partial charge in [0, 0.05) is 6.04 Å². The second kappa shape index (κ2) is 2.32. The Hall–Kier alpha value is -0.410. The van der Waals surface area contributed by atoms with Gasteiger partial charge >= 0.3 is 0 Å². The standard InChI is InChI=1S/C7H13NO2/c1-5(9)7(10)4-2-3-6(7)8/h6,10H,2-4,8H2,1H3/t6-,7-/m0/s1. The van der Waals surface area contributed by atoms with Crippen molar-refractivity contribution < 1.29 is 9.90 Å². The van der Waals surface area contributed by atoms with Crippen LogP contribution in [-0.4, -0.2) is 22.5 Å². The van der Waals surface area contributed by atoms with E-state index in [-0.39, 0.29) is 11.8 Å². The van der Waals surface area contributed by atoms with Crippen LogP contribution >= 0.6 is 0 Å². The number of Topliss-reactive ketones (excluding diaryl/α,β-unsaturated/α-hetero) is 1. The number of carbonyl (C=O) groups excluding carboxylic acids is 1. The maximum absolute atomic E-state index is 10.8. The molecule has 0 heterocycles. The summed E-state index contributed by atoms with van der Waals surface area (Å²) in [7, 11) is 0. The molecule has 0 radical (unpaired) electrons. The molecule has 0 saturated heterocycles. The van der Waals surface area contributed by atoms with E-state index < -0.39 is 5.60 Å². The summed E-state index contributed by atoms with van der Waals surface area (Å²) in [6, 6.07) is -0.343. The van der Waals surface area contributed by atoms with Gasteiger partial charge in [0.2, 0.25) is 0 Å². The third kappa shape index (κ3) is 0.954. The van der Waals surface area contributed by atoms with E-state index in [0.29, 0.717) is 6.42 Å². The van der Waals surface area contributed by atoms with Crippen molar-refractivity contribution in [2.45, 2.75) is 37.8 Å². The summed E-state index contributed by atoms with van der Waals surface area (Å²) in [6.07, 6.45) is 2.15. The van der Waals surface area contributed by atoms with Gasteiger partial charge < -0.3 is 10.8 Å². The first-order valence-electron chi connectivity index (χ1n) is 3.56. The molecule has 0 aromatic heterocycles. The van der Waals surface area contributed by atoms with E-state index in [1.807, 2.05) is 0 Å². The zero-order valence-corrected chi connectivity index (χ0v) is 6.13. The monoisotopic (exact) mass is 143 g/mol. The van der Waals surface area contributed by atoms with Gasteiger partial charge in [-0.25, -0.2) is 0 Å². The molecule has 0 aliphatic heterocycles. The second-order valence-corrected chi connectivity index (χ2v) is 2.98. The molecular weight excluding hydrogens is 130 g/mol. The number of carbonyl (C=O) groups is 1. The summed E-state index contributed by atoms with van der Waals surface area (Å²) in [5, 5.41) is 9.56. The highest BCUT2D eigenvalue weighted by Crippen LogP contribution is 2.28. The van der Waals surface area contributed by atoms with E-state index in [2.05, 4.69) is 0 Å². The first kappa shape index (κ1) is 7.69. The summed E-state index contributed by atoms with van der Waals surface area (Å²) >= 11 is 0. The summed E-state index contributed by atoms with van der Waals surface area (Å²) in [5.74, 6) is -0.197. The second-order valence-electron chi connectivity index (χ2n) is 2.98. The fraction of sp³-hybridized carbons (Fsp3) is 0.857. The third-order valence-corrected chi connectivity index (χ3v) is 2.30. The average molecular weight is 143 g/mol. The van der Waals surface area contributed by atoms with Gasteiger partial charge in [-0.1, -0.05) is 0 Å². The lowest BCUT2D eigenvalue weighted by molar-refractivity contribution is -0.135. The molecule has 1 saturated carbocycles. The average Bonchev–Trinajstić information content (AvgIpc) is 2.15. The zero-order chi connectivity index (χ0) is 7.78. The van der Waals surface area contributed by atoms with Gasteiger partial charge in [-0.2, -0.15) is 0 Å². The molecule has 3 N–H and O–H groups in total. The van der Waals surface area contributed by atoms with Crippen LogP contribution in [0.2, 0.25) is 0 Å². The molecule has 0 bridgehead atoms. The Labute approximate surface area is 60.2 Å². The molecule has 58 valence electrons. The molecule has 1 rings (SSSR count). The van der Waals surface area contributed by atoms with Crippen molar-refractivity contribution in [3.05, 3.63) is 0 Å². The predicted octanol–water partition coefficient (Wildman–Crippen LogP) is -0.182. The van der Waals surface area contributed by atoms with Crippen LogP contribution in [0.1, 0.15) is 26.2 Å². The highest BCUT2D eigenvalue weighted by atomic mass is 16.3. The molecule has 1 fully saturated rings. The van der Waals surface area contributed by atoms with Gasteiger partial charge in [-0.15, -0.1) is 0 Å². The highest BCUT2D eigenvalue weighted by molar-refractivity contribution is 5.85. The van der Waals surface area contributed by atoms with Crippen LogP contribution in [-0.2, 0) is 4.79 Å². The summed E-state index contributed by atoms with van der Waals surface area (Å²) in [5.41, 5.74) is 4.34. The minimum atomic E-state index is -1.21. The molecule has 0 unspecified atom stereocenters. The number of ketones is 1. The first-order valence-corrected chi connectivity index (χ1v) is 3.56. The minimum absolute atomic E-state index is 0.197. The lowest BCUT2D eigenvalue weighted by Crippen LogP contribution is -2.48. The number of rotatable bonds is 1. The molecule has 3 heteroatoms. The largest absolute Gasteiger partial charge is 0.380 e. The fourth-order valence-corrected chi connectivity index (χ4v) is 1.45. The Balaban J connectivity index is 2.75. The van der Waals surface area contributed by atoms with Crippen LogP contribution < -0.4 is 5.73 Å². The van der Waals surface area contributed by atoms with Crippen LogP contribution in [0.25, 0.3) is 0 Å². The SMILES string of the molecule is CC(=O)[C@@]1(O)CCC[C@@H]1N. The molecule has 0 aromatic rings. The minimum Gasteiger partial charge on any atom is -0.380 e. The lowest BCUT2D eigenvalue weighted by Gasteiger charge is -2.23. The van der Waals surface area contributed by atoms with Gasteiger partial charge in [0.25, 0.3) is 0 Å². The molecule has 0 amide bonds. The van der Waals surface area contributed by atoms with Crippen molar-refractivity contribution in [1.82, 2.24) is 0 Å². The molecule has 1 aliphatic carbocycles. The molecular formula is C7H13NO2. The Morgan fingerprint density at radius 1 is 1.80 bits per heavy atom. The van der Waals surface area contributed by atoms with Crippen LogP contribution in [0.4, 0.5) is 0 Å². The quantitative estimate of drug-likeness (QED) is 0.535. The van der Waals surface area contributed by atoms with Crippen molar-refractivity contribution in [3.63, 3.8) is 0 Å². The van der Waals surface area contributed by atoms with E-state index in [0.717, 1.165) is 12.8 Å². The van der Waals surface area contributed by atoms with Gasteiger partial charge in [-0.05, 0) is 26.2 Å². The molecule has 1 aliphatic rings. The molecule has 0 aromatic carbocycles. The van der Waals surface area contributed by atoms with E-state index in [9.17, 15) is 9.90 Å². The predicted molar refractivity (Wildman–Crippen MR) is 37.5 cm³/mol. The van der Waals surface area contributed by atoms with E-state index in [1.165, 1.54) is 6.92 Å². The van der Waals surface area contributed by atoms with Crippen molar-refractivity contribution in [1.29, 1.82) is 0 Å². The first-order chi connectivity index (χ1) is 4.57. The van der Waals surface area contributed by atoms with E-state index >= 15 is 0 Å². The highest BCUT2D eigenvalue weighted by Gasteiger charge is 2.42. The zero-order valence-electron chi connectivity index (χ0n) is 6.13. The maximum atomic E-state index is 10.8. The smallest absolute Gasteiger partial charge is 0.162 e. The van der Waals surface area contributed by atoms with Gasteiger partial charge in [0.1, 0.15) is 5.60 Å². The van der Waals surface area contributed by atoms with Crippen molar-refractivity contribution in [3.8, 4) is 0 Å². The Bertz CT molecular complexity index is 158. The fourth-order valence-electron chi connectivity index (χ4n) is 1.45. The number of hydrogen-bond acceptors (Lipinski definition) is 3. The van der Waals surface area contributed by atoms with E-state index in [4.69, 9.17) is 5.73 Å². The summed E-state index contributed by atoms with van der Waals surface area (Å²) in [6.45, 7) is 1.39. The van der Waals surface area contributed by atoms with Crippen molar-refractivity contribution in [2.75, 3.05) is 0 Å². The third-order valence-electron chi connectivity index (χ3n) is 2.30. The number of aliphatic hydroxyl groups is 1. The van der Waals surface area contributed by atoms with E-state index in [1.54, 1.807) is 0 Å². The number of nitrogens with two attached hydrogens (primary N) is 1. The van der Waals surface area contributed by atoms with Crippen molar-refractivity contribution >= 4 is 5.78 Å². The van der Waals surface area contributed by atoms with Crippen LogP contribution in [0.5, 0.6) is 0 Å². The van der Waals surface area contributed by atoms with Crippen LogP contribution in [0.3, 0.4) is 0 Å². The number of hydrogen-bond donors (Lipinski definition) is 2. The van der Waals surface area contributed by atoms with Crippen LogP contribution in [0.15, 0.2) is 0 Å². The lowest BCUT2D eigenvalue weighted by atomic mass is 9.94. The molecule has 2 atom stereocenters. The Morgan fingerprint density at radius 3 is 2.60 bits per heavy atom. The Morgan fingerprint density at radius 2 is 2.40 bits per heavy atom. The molecule has 0 spiro atoms. The van der Waals surface area contributed by atoms with Gasteiger partial charge in [-0.3, -0.25) is 4.79 Å². The van der Waals surface area contributed by atoms with Gasteiger partial charge in [0.15, 0.2) is 5.78 Å². The molecule has 10 heavy (non-hydrogen) atoms. The summed E-state index contributed by atoms with van der Waals surface area (Å²) in [4.78, 5) is 10.8. The topological polar surface area (TPSA) is 63.3 Å². The van der Waals surface area contributed by atoms with Crippen molar-refractivity contribution in [2.24, 2.45) is 5.73 Å². The normalized spacial score (nSPS) is 40.1.